The second-order valence-electron chi connectivity index (χ2n) is 5.15. The summed E-state index contributed by atoms with van der Waals surface area (Å²) in [6, 6.07) is 10.2. The number of nitrogens with zero attached hydrogens (tertiary/aromatic N) is 3. The highest BCUT2D eigenvalue weighted by atomic mass is 15.2. The molecule has 0 bridgehead atoms. The van der Waals surface area contributed by atoms with Crippen LogP contribution in [-0.2, 0) is 0 Å². The molecule has 0 spiro atoms. The first-order valence-corrected chi connectivity index (χ1v) is 7.01. The van der Waals surface area contributed by atoms with E-state index in [2.05, 4.69) is 42.8 Å². The van der Waals surface area contributed by atoms with Crippen molar-refractivity contribution in [3.63, 3.8) is 0 Å². The number of anilines is 3. The smallest absolute Gasteiger partial charge is 0.141 e. The molecule has 20 heavy (non-hydrogen) atoms. The number of aromatic nitrogens is 2. The van der Waals surface area contributed by atoms with Crippen molar-refractivity contribution in [3.8, 4) is 0 Å². The highest BCUT2D eigenvalue weighted by Gasteiger charge is 2.16. The van der Waals surface area contributed by atoms with Crippen molar-refractivity contribution in [2.45, 2.75) is 33.6 Å². The van der Waals surface area contributed by atoms with Crippen LogP contribution in [0.15, 0.2) is 30.3 Å². The number of hydrogen-bond acceptors (Lipinski definition) is 4. The molecule has 0 fully saturated rings. The van der Waals surface area contributed by atoms with Crippen molar-refractivity contribution < 1.29 is 0 Å². The predicted octanol–water partition coefficient (Wildman–Crippen LogP) is 3.65. The Bertz CT molecular complexity index is 579. The van der Waals surface area contributed by atoms with Crippen molar-refractivity contribution in [2.75, 3.05) is 17.2 Å². The summed E-state index contributed by atoms with van der Waals surface area (Å²) in [6.07, 6.45) is 0. The predicted molar refractivity (Wildman–Crippen MR) is 84.4 cm³/mol. The zero-order valence-electron chi connectivity index (χ0n) is 12.6. The van der Waals surface area contributed by atoms with Gasteiger partial charge >= 0.3 is 0 Å². The Labute approximate surface area is 120 Å². The maximum Gasteiger partial charge on any atom is 0.141 e. The average Bonchev–Trinajstić information content (AvgIpc) is 2.45. The summed E-state index contributed by atoms with van der Waals surface area (Å²) in [4.78, 5) is 11.3. The summed E-state index contributed by atoms with van der Waals surface area (Å²) in [7, 11) is 0. The number of nitrogens with two attached hydrogens (primary N) is 1. The summed E-state index contributed by atoms with van der Waals surface area (Å²) < 4.78 is 0. The molecule has 0 aliphatic rings. The summed E-state index contributed by atoms with van der Waals surface area (Å²) in [5.74, 6) is 2.51. The number of nitrogen functional groups attached to an aromatic ring is 1. The average molecular weight is 270 g/mol. The van der Waals surface area contributed by atoms with Crippen LogP contribution in [0, 0.1) is 6.92 Å². The lowest BCUT2D eigenvalue weighted by Gasteiger charge is -2.25. The van der Waals surface area contributed by atoms with Gasteiger partial charge in [0.2, 0.25) is 0 Å². The SMILES string of the molecule is CCN(c1ccccc1)c1nc(C(C)C)nc(N)c1C. The standard InChI is InChI=1S/C16H22N4/c1-5-20(13-9-7-6-8-10-13)16-12(4)14(17)18-15(19-16)11(2)3/h6-11H,5H2,1-4H3,(H2,17,18,19). The molecule has 2 aromatic rings. The molecule has 0 saturated carbocycles. The highest BCUT2D eigenvalue weighted by Crippen LogP contribution is 2.29. The first kappa shape index (κ1) is 14.3. The van der Waals surface area contributed by atoms with Gasteiger partial charge in [-0.3, -0.25) is 0 Å². The fourth-order valence-electron chi connectivity index (χ4n) is 2.12. The van der Waals surface area contributed by atoms with Gasteiger partial charge in [-0.2, -0.15) is 0 Å². The maximum absolute atomic E-state index is 6.05. The monoisotopic (exact) mass is 270 g/mol. The molecular weight excluding hydrogens is 248 g/mol. The van der Waals surface area contributed by atoms with E-state index in [-0.39, 0.29) is 5.92 Å². The molecule has 0 radical (unpaired) electrons. The first-order chi connectivity index (χ1) is 9.54. The topological polar surface area (TPSA) is 55.0 Å². The molecule has 0 saturated heterocycles. The van der Waals surface area contributed by atoms with E-state index in [1.165, 1.54) is 0 Å². The van der Waals surface area contributed by atoms with Gasteiger partial charge in [-0.15, -0.1) is 0 Å². The first-order valence-electron chi connectivity index (χ1n) is 7.01. The Balaban J connectivity index is 2.54. The van der Waals surface area contributed by atoms with E-state index in [1.54, 1.807) is 0 Å². The third kappa shape index (κ3) is 2.74. The number of hydrogen-bond donors (Lipinski definition) is 1. The van der Waals surface area contributed by atoms with Gasteiger partial charge in [-0.1, -0.05) is 32.0 Å². The Morgan fingerprint density at radius 3 is 2.35 bits per heavy atom. The number of rotatable bonds is 4. The molecular formula is C16H22N4. The third-order valence-corrected chi connectivity index (χ3v) is 3.33. The lowest BCUT2D eigenvalue weighted by molar-refractivity contribution is 0.768. The van der Waals surface area contributed by atoms with E-state index in [1.807, 2.05) is 25.1 Å². The van der Waals surface area contributed by atoms with Gasteiger partial charge in [0.1, 0.15) is 17.5 Å². The van der Waals surface area contributed by atoms with Crippen molar-refractivity contribution in [1.29, 1.82) is 0 Å². The molecule has 2 N–H and O–H groups in total. The van der Waals surface area contributed by atoms with Crippen LogP contribution in [0.3, 0.4) is 0 Å². The number of para-hydroxylation sites is 1. The summed E-state index contributed by atoms with van der Waals surface area (Å²) in [5, 5.41) is 0. The molecule has 4 nitrogen and oxygen atoms in total. The summed E-state index contributed by atoms with van der Waals surface area (Å²) in [6.45, 7) is 9.07. The van der Waals surface area contributed by atoms with E-state index in [0.717, 1.165) is 29.4 Å². The Morgan fingerprint density at radius 1 is 1.15 bits per heavy atom. The van der Waals surface area contributed by atoms with Gasteiger partial charge in [-0.25, -0.2) is 9.97 Å². The van der Waals surface area contributed by atoms with Gasteiger partial charge in [0.15, 0.2) is 0 Å². The fourth-order valence-corrected chi connectivity index (χ4v) is 2.12. The molecule has 0 unspecified atom stereocenters. The fraction of sp³-hybridized carbons (Fsp3) is 0.375. The van der Waals surface area contributed by atoms with Crippen LogP contribution >= 0.6 is 0 Å². The minimum absolute atomic E-state index is 0.256. The minimum atomic E-state index is 0.256. The van der Waals surface area contributed by atoms with Crippen LogP contribution in [0.2, 0.25) is 0 Å². The summed E-state index contributed by atoms with van der Waals surface area (Å²) >= 11 is 0. The largest absolute Gasteiger partial charge is 0.383 e. The van der Waals surface area contributed by atoms with Crippen LogP contribution in [0.1, 0.15) is 38.1 Å². The lowest BCUT2D eigenvalue weighted by Crippen LogP contribution is -2.20. The van der Waals surface area contributed by atoms with Crippen LogP contribution < -0.4 is 10.6 Å². The second kappa shape index (κ2) is 5.90. The second-order valence-corrected chi connectivity index (χ2v) is 5.15. The molecule has 0 aliphatic heterocycles. The van der Waals surface area contributed by atoms with E-state index >= 15 is 0 Å². The van der Waals surface area contributed by atoms with E-state index < -0.39 is 0 Å². The molecule has 1 aromatic heterocycles. The molecule has 106 valence electrons. The maximum atomic E-state index is 6.05. The van der Waals surface area contributed by atoms with Crippen LogP contribution in [0.4, 0.5) is 17.3 Å². The van der Waals surface area contributed by atoms with Crippen LogP contribution in [0.5, 0.6) is 0 Å². The van der Waals surface area contributed by atoms with Crippen LogP contribution in [-0.4, -0.2) is 16.5 Å². The Morgan fingerprint density at radius 2 is 1.80 bits per heavy atom. The Kier molecular flexibility index (Phi) is 4.23. The zero-order chi connectivity index (χ0) is 14.7. The van der Waals surface area contributed by atoms with E-state index in [9.17, 15) is 0 Å². The molecule has 1 heterocycles. The van der Waals surface area contributed by atoms with Gasteiger partial charge < -0.3 is 10.6 Å². The molecule has 0 atom stereocenters. The lowest BCUT2D eigenvalue weighted by atomic mass is 10.2. The van der Waals surface area contributed by atoms with Crippen molar-refractivity contribution >= 4 is 17.3 Å². The molecule has 1 aromatic carbocycles. The quantitative estimate of drug-likeness (QED) is 0.921. The van der Waals surface area contributed by atoms with Crippen LogP contribution in [0.25, 0.3) is 0 Å². The molecule has 0 aliphatic carbocycles. The van der Waals surface area contributed by atoms with Gasteiger partial charge in [0.05, 0.1) is 0 Å². The van der Waals surface area contributed by atoms with Crippen molar-refractivity contribution in [2.24, 2.45) is 0 Å². The normalized spacial score (nSPS) is 10.8. The molecule has 0 amide bonds. The third-order valence-electron chi connectivity index (χ3n) is 3.33. The number of benzene rings is 1. The van der Waals surface area contributed by atoms with Crippen molar-refractivity contribution in [3.05, 3.63) is 41.7 Å². The van der Waals surface area contributed by atoms with E-state index in [0.29, 0.717) is 5.82 Å². The summed E-state index contributed by atoms with van der Waals surface area (Å²) in [5.41, 5.74) is 8.10. The Hall–Kier alpha value is -2.10. The van der Waals surface area contributed by atoms with Gasteiger partial charge in [-0.05, 0) is 26.0 Å². The van der Waals surface area contributed by atoms with Crippen molar-refractivity contribution in [1.82, 2.24) is 9.97 Å². The minimum Gasteiger partial charge on any atom is -0.383 e. The van der Waals surface area contributed by atoms with E-state index in [4.69, 9.17) is 10.7 Å². The van der Waals surface area contributed by atoms with Gasteiger partial charge in [0, 0.05) is 23.7 Å². The highest BCUT2D eigenvalue weighted by molar-refractivity contribution is 5.66. The molecule has 2 rings (SSSR count). The molecule has 4 heteroatoms. The zero-order valence-corrected chi connectivity index (χ0v) is 12.6. The van der Waals surface area contributed by atoms with Gasteiger partial charge in [0.25, 0.3) is 0 Å².